The molecule has 4 rings (SSSR count). The molecule has 4 heteroatoms. The Morgan fingerprint density at radius 1 is 0.929 bits per heavy atom. The summed E-state index contributed by atoms with van der Waals surface area (Å²) >= 11 is 0. The van der Waals surface area contributed by atoms with Crippen LogP contribution in [0.15, 0.2) is 97.5 Å². The lowest BCUT2D eigenvalue weighted by molar-refractivity contribution is 0.104. The lowest BCUT2D eigenvalue weighted by Gasteiger charge is -2.01. The van der Waals surface area contributed by atoms with Crippen molar-refractivity contribution in [2.75, 3.05) is 0 Å². The Morgan fingerprint density at radius 3 is 2.39 bits per heavy atom. The molecule has 0 amide bonds. The van der Waals surface area contributed by atoms with Crippen LogP contribution in [-0.4, -0.2) is 20.5 Å². The van der Waals surface area contributed by atoms with Crippen LogP contribution in [0.4, 0.5) is 0 Å². The van der Waals surface area contributed by atoms with Gasteiger partial charge in [0.25, 0.3) is 0 Å². The third kappa shape index (κ3) is 4.13. The highest BCUT2D eigenvalue weighted by molar-refractivity contribution is 6.07. The van der Waals surface area contributed by atoms with Gasteiger partial charge >= 0.3 is 0 Å². The Bertz CT molecular complexity index is 1080. The summed E-state index contributed by atoms with van der Waals surface area (Å²) in [6.45, 7) is 0.661. The summed E-state index contributed by atoms with van der Waals surface area (Å²) in [5.41, 5.74) is 4.44. The number of pyridine rings is 1. The fourth-order valence-corrected chi connectivity index (χ4v) is 3.00. The van der Waals surface area contributed by atoms with E-state index in [9.17, 15) is 4.79 Å². The molecule has 0 fully saturated rings. The molecule has 0 spiro atoms. The monoisotopic (exact) mass is 365 g/mol. The minimum atomic E-state index is -0.0338. The molecule has 0 aliphatic carbocycles. The van der Waals surface area contributed by atoms with Crippen LogP contribution in [0.1, 0.15) is 21.5 Å². The van der Waals surface area contributed by atoms with Gasteiger partial charge in [-0.3, -0.25) is 14.5 Å². The lowest BCUT2D eigenvalue weighted by atomic mass is 10.1. The van der Waals surface area contributed by atoms with Gasteiger partial charge < -0.3 is 0 Å². The van der Waals surface area contributed by atoms with E-state index in [-0.39, 0.29) is 5.78 Å². The molecule has 2 heterocycles. The summed E-state index contributed by atoms with van der Waals surface area (Å²) in [4.78, 5) is 16.6. The second-order valence-electron chi connectivity index (χ2n) is 6.42. The minimum Gasteiger partial charge on any atom is -0.289 e. The van der Waals surface area contributed by atoms with Gasteiger partial charge in [0, 0.05) is 35.3 Å². The number of ketones is 1. The molecule has 0 unspecified atom stereocenters. The average molecular weight is 365 g/mol. The fourth-order valence-electron chi connectivity index (χ4n) is 3.00. The number of benzene rings is 2. The summed E-state index contributed by atoms with van der Waals surface area (Å²) < 4.78 is 1.89. The van der Waals surface area contributed by atoms with E-state index in [0.29, 0.717) is 12.1 Å². The molecule has 0 N–H and O–H groups in total. The van der Waals surface area contributed by atoms with Crippen molar-refractivity contribution in [3.05, 3.63) is 114 Å². The van der Waals surface area contributed by atoms with Crippen molar-refractivity contribution in [3.8, 4) is 11.3 Å². The third-order valence-electron chi connectivity index (χ3n) is 4.38. The van der Waals surface area contributed by atoms with Crippen LogP contribution in [-0.2, 0) is 6.54 Å². The van der Waals surface area contributed by atoms with Crippen LogP contribution in [0.25, 0.3) is 17.3 Å². The van der Waals surface area contributed by atoms with E-state index < -0.39 is 0 Å². The van der Waals surface area contributed by atoms with Crippen LogP contribution >= 0.6 is 0 Å². The Labute approximate surface area is 163 Å². The van der Waals surface area contributed by atoms with Gasteiger partial charge in [-0.1, -0.05) is 60.7 Å². The molecule has 0 saturated carbocycles. The number of aromatic nitrogens is 3. The SMILES string of the molecule is O=C(/C=C/c1cn(Cc2ccccc2)nc1-c1cccnc1)c1ccccc1. The van der Waals surface area contributed by atoms with Gasteiger partial charge in [0.15, 0.2) is 5.78 Å². The first-order chi connectivity index (χ1) is 13.8. The van der Waals surface area contributed by atoms with Crippen LogP contribution in [0.2, 0.25) is 0 Å². The summed E-state index contributed by atoms with van der Waals surface area (Å²) in [5.74, 6) is -0.0338. The van der Waals surface area contributed by atoms with Crippen LogP contribution < -0.4 is 0 Å². The molecule has 136 valence electrons. The first-order valence-electron chi connectivity index (χ1n) is 9.09. The van der Waals surface area contributed by atoms with E-state index in [2.05, 4.69) is 17.1 Å². The maximum absolute atomic E-state index is 12.4. The van der Waals surface area contributed by atoms with E-state index >= 15 is 0 Å². The van der Waals surface area contributed by atoms with E-state index in [1.807, 2.05) is 77.6 Å². The molecule has 0 radical (unpaired) electrons. The number of carbonyl (C=O) groups is 1. The van der Waals surface area contributed by atoms with Crippen molar-refractivity contribution in [1.29, 1.82) is 0 Å². The van der Waals surface area contributed by atoms with E-state index in [1.54, 1.807) is 18.5 Å². The van der Waals surface area contributed by atoms with Gasteiger partial charge in [-0.05, 0) is 29.8 Å². The molecule has 0 aliphatic heterocycles. The maximum atomic E-state index is 12.4. The van der Waals surface area contributed by atoms with E-state index in [0.717, 1.165) is 16.8 Å². The Kier molecular flexibility index (Phi) is 5.20. The first kappa shape index (κ1) is 17.6. The molecule has 0 bridgehead atoms. The second-order valence-corrected chi connectivity index (χ2v) is 6.42. The molecular weight excluding hydrogens is 346 g/mol. The first-order valence-corrected chi connectivity index (χ1v) is 9.09. The number of carbonyl (C=O) groups excluding carboxylic acids is 1. The van der Waals surface area contributed by atoms with E-state index in [4.69, 9.17) is 5.10 Å². The topological polar surface area (TPSA) is 47.8 Å². The minimum absolute atomic E-state index is 0.0338. The molecule has 0 atom stereocenters. The van der Waals surface area contributed by atoms with E-state index in [1.165, 1.54) is 5.56 Å². The summed E-state index contributed by atoms with van der Waals surface area (Å²) in [5, 5.41) is 4.74. The predicted octanol–water partition coefficient (Wildman–Crippen LogP) is 4.89. The molecule has 0 saturated heterocycles. The molecule has 2 aromatic heterocycles. The maximum Gasteiger partial charge on any atom is 0.185 e. The number of rotatable bonds is 6. The number of hydrogen-bond acceptors (Lipinski definition) is 3. The van der Waals surface area contributed by atoms with Gasteiger partial charge in [-0.2, -0.15) is 5.10 Å². The second kappa shape index (κ2) is 8.27. The molecule has 4 nitrogen and oxygen atoms in total. The smallest absolute Gasteiger partial charge is 0.185 e. The zero-order valence-electron chi connectivity index (χ0n) is 15.3. The predicted molar refractivity (Wildman–Crippen MR) is 111 cm³/mol. The molecular formula is C24H19N3O. The van der Waals surface area contributed by atoms with Crippen molar-refractivity contribution in [3.63, 3.8) is 0 Å². The van der Waals surface area contributed by atoms with Crippen molar-refractivity contribution in [2.24, 2.45) is 0 Å². The summed E-state index contributed by atoms with van der Waals surface area (Å²) in [7, 11) is 0. The lowest BCUT2D eigenvalue weighted by Crippen LogP contribution is -2.00. The highest BCUT2D eigenvalue weighted by atomic mass is 16.1. The standard InChI is InChI=1S/C24H19N3O/c28-23(20-10-5-2-6-11-20)14-13-22-18-27(17-19-8-3-1-4-9-19)26-24(22)21-12-7-15-25-16-21/h1-16,18H,17H2/b14-13+. The van der Waals surface area contributed by atoms with Crippen molar-refractivity contribution in [1.82, 2.24) is 14.8 Å². The Hall–Kier alpha value is -3.79. The molecule has 4 aromatic rings. The summed E-state index contributed by atoms with van der Waals surface area (Å²) in [6, 6.07) is 23.3. The zero-order chi connectivity index (χ0) is 19.2. The van der Waals surface area contributed by atoms with Crippen molar-refractivity contribution < 1.29 is 4.79 Å². The van der Waals surface area contributed by atoms with Crippen molar-refractivity contribution in [2.45, 2.75) is 6.54 Å². The normalized spacial score (nSPS) is 11.0. The quantitative estimate of drug-likeness (QED) is 0.361. The Balaban J connectivity index is 1.66. The van der Waals surface area contributed by atoms with Crippen LogP contribution in [0.5, 0.6) is 0 Å². The van der Waals surface area contributed by atoms with Gasteiger partial charge in [0.05, 0.1) is 6.54 Å². The van der Waals surface area contributed by atoms with Gasteiger partial charge in [-0.25, -0.2) is 0 Å². The molecule has 28 heavy (non-hydrogen) atoms. The van der Waals surface area contributed by atoms with Crippen LogP contribution in [0, 0.1) is 0 Å². The zero-order valence-corrected chi connectivity index (χ0v) is 15.3. The van der Waals surface area contributed by atoms with Crippen LogP contribution in [0.3, 0.4) is 0 Å². The summed E-state index contributed by atoms with van der Waals surface area (Å²) in [6.07, 6.45) is 8.90. The largest absolute Gasteiger partial charge is 0.289 e. The number of allylic oxidation sites excluding steroid dienone is 1. The third-order valence-corrected chi connectivity index (χ3v) is 4.38. The highest BCUT2D eigenvalue weighted by Gasteiger charge is 2.10. The highest BCUT2D eigenvalue weighted by Crippen LogP contribution is 2.23. The fraction of sp³-hybridized carbons (Fsp3) is 0.0417. The van der Waals surface area contributed by atoms with Gasteiger partial charge in [-0.15, -0.1) is 0 Å². The number of hydrogen-bond donors (Lipinski definition) is 0. The van der Waals surface area contributed by atoms with Crippen molar-refractivity contribution >= 4 is 11.9 Å². The molecule has 2 aromatic carbocycles. The Morgan fingerprint density at radius 2 is 1.68 bits per heavy atom. The number of nitrogens with zero attached hydrogens (tertiary/aromatic N) is 3. The van der Waals surface area contributed by atoms with Gasteiger partial charge in [0.1, 0.15) is 5.69 Å². The average Bonchev–Trinajstić information content (AvgIpc) is 3.16. The van der Waals surface area contributed by atoms with Gasteiger partial charge in [0.2, 0.25) is 0 Å². The molecule has 0 aliphatic rings.